The van der Waals surface area contributed by atoms with Gasteiger partial charge in [0.1, 0.15) is 5.56 Å². The van der Waals surface area contributed by atoms with E-state index in [1.54, 1.807) is 0 Å². The number of rotatable bonds is 3. The fourth-order valence-electron chi connectivity index (χ4n) is 1.36. The van der Waals surface area contributed by atoms with Crippen molar-refractivity contribution in [2.45, 2.75) is 0 Å². The van der Waals surface area contributed by atoms with Gasteiger partial charge >= 0.3 is 5.97 Å². The van der Waals surface area contributed by atoms with Crippen LogP contribution in [0.25, 0.3) is 11.3 Å². The van der Waals surface area contributed by atoms with Crippen LogP contribution in [-0.4, -0.2) is 21.2 Å². The Balaban J connectivity index is 2.53. The molecule has 2 rings (SSSR count). The summed E-state index contributed by atoms with van der Waals surface area (Å²) < 4.78 is 4.79. The van der Waals surface area contributed by atoms with Crippen LogP contribution in [0.4, 0.5) is 5.69 Å². The van der Waals surface area contributed by atoms with Gasteiger partial charge in [0.25, 0.3) is 5.69 Å². The zero-order valence-electron chi connectivity index (χ0n) is 8.36. The third-order valence-corrected chi connectivity index (χ3v) is 2.12. The first-order chi connectivity index (χ1) is 8.09. The van der Waals surface area contributed by atoms with E-state index in [9.17, 15) is 14.9 Å². The first-order valence-electron chi connectivity index (χ1n) is 4.52. The number of aromatic nitrogens is 1. The Morgan fingerprint density at radius 3 is 2.88 bits per heavy atom. The lowest BCUT2D eigenvalue weighted by Gasteiger charge is -1.97. The highest BCUT2D eigenvalue weighted by Crippen LogP contribution is 2.26. The van der Waals surface area contributed by atoms with E-state index >= 15 is 0 Å². The second kappa shape index (κ2) is 4.05. The molecule has 17 heavy (non-hydrogen) atoms. The lowest BCUT2D eigenvalue weighted by atomic mass is 10.1. The molecule has 0 radical (unpaired) electrons. The number of carbonyl (C=O) groups is 1. The number of nitrogens with zero attached hydrogens (tertiary/aromatic N) is 2. The van der Waals surface area contributed by atoms with Gasteiger partial charge in [-0.3, -0.25) is 10.1 Å². The minimum atomic E-state index is -1.20. The van der Waals surface area contributed by atoms with Gasteiger partial charge in [-0.1, -0.05) is 17.3 Å². The molecule has 0 spiro atoms. The molecule has 7 heteroatoms. The molecule has 1 aromatic carbocycles. The standard InChI is InChI=1S/C10H6N2O5/c13-10(14)8-5-11-17-9(8)6-2-1-3-7(4-6)12(15)16/h1-5H,(H,13,14). The Hall–Kier alpha value is -2.70. The molecule has 0 bridgehead atoms. The zero-order valence-corrected chi connectivity index (χ0v) is 8.36. The van der Waals surface area contributed by atoms with Crippen molar-refractivity contribution < 1.29 is 19.3 Å². The van der Waals surface area contributed by atoms with Crippen molar-refractivity contribution in [3.63, 3.8) is 0 Å². The number of aromatic carboxylic acids is 1. The summed E-state index contributed by atoms with van der Waals surface area (Å²) in [6.45, 7) is 0. The second-order valence-electron chi connectivity index (χ2n) is 3.18. The minimum absolute atomic E-state index is 0.00111. The minimum Gasteiger partial charge on any atom is -0.477 e. The molecule has 7 nitrogen and oxygen atoms in total. The van der Waals surface area contributed by atoms with E-state index in [0.717, 1.165) is 6.20 Å². The molecule has 0 amide bonds. The van der Waals surface area contributed by atoms with E-state index in [0.29, 0.717) is 5.56 Å². The molecule has 1 N–H and O–H groups in total. The maximum atomic E-state index is 10.8. The number of hydrogen-bond donors (Lipinski definition) is 1. The average molecular weight is 234 g/mol. The lowest BCUT2D eigenvalue weighted by Crippen LogP contribution is -1.96. The Morgan fingerprint density at radius 2 is 2.24 bits per heavy atom. The van der Waals surface area contributed by atoms with Crippen molar-refractivity contribution in [2.75, 3.05) is 0 Å². The van der Waals surface area contributed by atoms with Crippen LogP contribution in [0.15, 0.2) is 35.0 Å². The molecule has 0 fully saturated rings. The van der Waals surface area contributed by atoms with Gasteiger partial charge in [-0.15, -0.1) is 0 Å². The highest BCUT2D eigenvalue weighted by atomic mass is 16.6. The quantitative estimate of drug-likeness (QED) is 0.642. The van der Waals surface area contributed by atoms with Gasteiger partial charge in [0.2, 0.25) is 0 Å². The smallest absolute Gasteiger partial charge is 0.341 e. The Labute approximate surface area is 94.4 Å². The average Bonchev–Trinajstić information content (AvgIpc) is 2.78. The van der Waals surface area contributed by atoms with Crippen LogP contribution in [0.3, 0.4) is 0 Å². The van der Waals surface area contributed by atoms with Gasteiger partial charge in [0, 0.05) is 17.7 Å². The third-order valence-electron chi connectivity index (χ3n) is 2.12. The topological polar surface area (TPSA) is 106 Å². The van der Waals surface area contributed by atoms with Gasteiger partial charge in [0.15, 0.2) is 5.76 Å². The van der Waals surface area contributed by atoms with Crippen molar-refractivity contribution in [2.24, 2.45) is 0 Å². The maximum absolute atomic E-state index is 10.8. The Kier molecular flexibility index (Phi) is 2.57. The molecule has 0 atom stereocenters. The number of benzene rings is 1. The number of nitro groups is 1. The van der Waals surface area contributed by atoms with Crippen LogP contribution in [0.2, 0.25) is 0 Å². The molecule has 0 aliphatic heterocycles. The molecule has 0 saturated carbocycles. The molecule has 1 heterocycles. The number of carboxylic acids is 1. The van der Waals surface area contributed by atoms with Crippen molar-refractivity contribution in [1.29, 1.82) is 0 Å². The van der Waals surface area contributed by atoms with E-state index in [1.807, 2.05) is 0 Å². The first kappa shape index (κ1) is 10.8. The molecule has 0 aliphatic rings. The largest absolute Gasteiger partial charge is 0.477 e. The molecule has 0 unspecified atom stereocenters. The predicted molar refractivity (Wildman–Crippen MR) is 55.6 cm³/mol. The zero-order chi connectivity index (χ0) is 12.4. The van der Waals surface area contributed by atoms with E-state index in [4.69, 9.17) is 9.63 Å². The number of non-ortho nitro benzene ring substituents is 1. The summed E-state index contributed by atoms with van der Waals surface area (Å²) in [7, 11) is 0. The number of nitro benzene ring substituents is 1. The lowest BCUT2D eigenvalue weighted by molar-refractivity contribution is -0.384. The second-order valence-corrected chi connectivity index (χ2v) is 3.18. The summed E-state index contributed by atoms with van der Waals surface area (Å²) >= 11 is 0. The highest BCUT2D eigenvalue weighted by Gasteiger charge is 2.18. The summed E-state index contributed by atoms with van der Waals surface area (Å²) in [5.41, 5.74) is 0.0230. The van der Waals surface area contributed by atoms with Crippen molar-refractivity contribution in [3.05, 3.63) is 46.1 Å². The van der Waals surface area contributed by atoms with Crippen molar-refractivity contribution >= 4 is 11.7 Å². The van der Waals surface area contributed by atoms with Crippen LogP contribution >= 0.6 is 0 Å². The van der Waals surface area contributed by atoms with E-state index < -0.39 is 10.9 Å². The monoisotopic (exact) mass is 234 g/mol. The third kappa shape index (κ3) is 1.98. The van der Waals surface area contributed by atoms with E-state index in [2.05, 4.69) is 5.16 Å². The summed E-state index contributed by atoms with van der Waals surface area (Å²) in [5.74, 6) is -1.20. The molecule has 0 saturated heterocycles. The van der Waals surface area contributed by atoms with Crippen LogP contribution in [0, 0.1) is 10.1 Å². The van der Waals surface area contributed by atoms with Gasteiger partial charge in [-0.05, 0) is 0 Å². The van der Waals surface area contributed by atoms with Crippen molar-refractivity contribution in [3.8, 4) is 11.3 Å². The Bertz CT molecular complexity index is 590. The summed E-state index contributed by atoms with van der Waals surface area (Å²) in [6, 6.07) is 5.49. The molecular weight excluding hydrogens is 228 g/mol. The first-order valence-corrected chi connectivity index (χ1v) is 4.52. The normalized spacial score (nSPS) is 10.1. The molecular formula is C10H6N2O5. The Morgan fingerprint density at radius 1 is 1.47 bits per heavy atom. The fourth-order valence-corrected chi connectivity index (χ4v) is 1.36. The van der Waals surface area contributed by atoms with E-state index in [-0.39, 0.29) is 17.0 Å². The SMILES string of the molecule is O=C(O)c1cnoc1-c1cccc([N+](=O)[O-])c1. The molecule has 2 aromatic rings. The predicted octanol–water partition coefficient (Wildman–Crippen LogP) is 1.95. The highest BCUT2D eigenvalue weighted by molar-refractivity contribution is 5.94. The molecule has 1 aromatic heterocycles. The molecule has 0 aliphatic carbocycles. The summed E-state index contributed by atoms with van der Waals surface area (Å²) in [5, 5.41) is 22.8. The van der Waals surface area contributed by atoms with Crippen LogP contribution in [-0.2, 0) is 0 Å². The van der Waals surface area contributed by atoms with Gasteiger partial charge in [-0.25, -0.2) is 4.79 Å². The van der Waals surface area contributed by atoms with E-state index in [1.165, 1.54) is 24.3 Å². The number of carboxylic acid groups (broad SMARTS) is 1. The van der Waals surface area contributed by atoms with Crippen LogP contribution < -0.4 is 0 Å². The van der Waals surface area contributed by atoms with Gasteiger partial charge in [0.05, 0.1) is 11.1 Å². The van der Waals surface area contributed by atoms with Gasteiger partial charge < -0.3 is 9.63 Å². The fraction of sp³-hybridized carbons (Fsp3) is 0. The molecule has 86 valence electrons. The summed E-state index contributed by atoms with van der Waals surface area (Å²) in [4.78, 5) is 20.9. The van der Waals surface area contributed by atoms with Crippen LogP contribution in [0.1, 0.15) is 10.4 Å². The summed E-state index contributed by atoms with van der Waals surface area (Å²) in [6.07, 6.45) is 1.05. The van der Waals surface area contributed by atoms with Crippen LogP contribution in [0.5, 0.6) is 0 Å². The van der Waals surface area contributed by atoms with Crippen molar-refractivity contribution in [1.82, 2.24) is 5.16 Å². The van der Waals surface area contributed by atoms with Gasteiger partial charge in [-0.2, -0.15) is 0 Å². The maximum Gasteiger partial charge on any atom is 0.341 e. The number of hydrogen-bond acceptors (Lipinski definition) is 5.